The molecule has 0 aliphatic heterocycles. The molecule has 0 aromatic rings. The summed E-state index contributed by atoms with van der Waals surface area (Å²) in [5, 5.41) is 8.68. The maximum atomic E-state index is 8.68. The minimum absolute atomic E-state index is 0. The molecule has 0 bridgehead atoms. The molecule has 0 heterocycles. The summed E-state index contributed by atoms with van der Waals surface area (Å²) < 4.78 is 0. The molecule has 0 aliphatic carbocycles. The van der Waals surface area contributed by atoms with Gasteiger partial charge in [0.1, 0.15) is 0 Å². The van der Waals surface area contributed by atoms with E-state index in [-0.39, 0.29) is 35.7 Å². The number of rotatable bonds is 3. The molecule has 1 atom stereocenters. The van der Waals surface area contributed by atoms with Crippen molar-refractivity contribution in [2.75, 3.05) is 0 Å². The van der Waals surface area contributed by atoms with Crippen LogP contribution in [0, 0.1) is 0 Å². The zero-order valence-electron chi connectivity index (χ0n) is 5.15. The molecule has 0 aromatic heterocycles. The summed E-state index contributed by atoms with van der Waals surface area (Å²) in [5.74, 6) is 0. The Morgan fingerprint density at radius 3 is 2.12 bits per heavy atom. The van der Waals surface area contributed by atoms with Gasteiger partial charge >= 0.3 is 29.6 Å². The molecular formula is C6H15NaO. The van der Waals surface area contributed by atoms with Crippen molar-refractivity contribution in [2.45, 2.75) is 39.2 Å². The summed E-state index contributed by atoms with van der Waals surface area (Å²) in [6, 6.07) is 0. The second kappa shape index (κ2) is 7.96. The van der Waals surface area contributed by atoms with E-state index in [1.807, 2.05) is 6.92 Å². The first kappa shape index (κ1) is 11.7. The fourth-order valence-electron chi connectivity index (χ4n) is 0.500. The number of unbranched alkanes of at least 4 members (excludes halogenated alkanes) is 1. The molecule has 0 radical (unpaired) electrons. The fraction of sp³-hybridized carbons (Fsp3) is 1.00. The van der Waals surface area contributed by atoms with Crippen LogP contribution >= 0.6 is 0 Å². The Morgan fingerprint density at radius 1 is 1.50 bits per heavy atom. The van der Waals surface area contributed by atoms with Crippen molar-refractivity contribution in [2.24, 2.45) is 0 Å². The second-order valence-electron chi connectivity index (χ2n) is 1.99. The van der Waals surface area contributed by atoms with Gasteiger partial charge in [0.15, 0.2) is 0 Å². The van der Waals surface area contributed by atoms with Crippen molar-refractivity contribution in [1.29, 1.82) is 0 Å². The van der Waals surface area contributed by atoms with E-state index in [9.17, 15) is 0 Å². The predicted octanol–water partition coefficient (Wildman–Crippen LogP) is 0.909. The van der Waals surface area contributed by atoms with Gasteiger partial charge in [0.05, 0.1) is 6.10 Å². The van der Waals surface area contributed by atoms with Crippen molar-refractivity contribution in [3.8, 4) is 0 Å². The molecule has 2 heteroatoms. The zero-order valence-corrected chi connectivity index (χ0v) is 5.15. The van der Waals surface area contributed by atoms with Gasteiger partial charge in [-0.25, -0.2) is 0 Å². The third kappa shape index (κ3) is 10.0. The minimum atomic E-state index is -0.0973. The van der Waals surface area contributed by atoms with Gasteiger partial charge in [-0.3, -0.25) is 0 Å². The van der Waals surface area contributed by atoms with Crippen molar-refractivity contribution in [1.82, 2.24) is 0 Å². The van der Waals surface area contributed by atoms with Gasteiger partial charge in [-0.1, -0.05) is 19.8 Å². The first-order valence-electron chi connectivity index (χ1n) is 2.95. The van der Waals surface area contributed by atoms with E-state index >= 15 is 0 Å². The van der Waals surface area contributed by atoms with Crippen LogP contribution in [0.2, 0.25) is 0 Å². The van der Waals surface area contributed by atoms with Crippen LogP contribution in [-0.2, 0) is 0 Å². The molecule has 1 N–H and O–H groups in total. The molecule has 0 rings (SSSR count). The average molecular weight is 126 g/mol. The number of aliphatic hydroxyl groups is 1. The molecule has 0 aliphatic rings. The SMILES string of the molecule is CCCCC(C)O.[NaH]. The Morgan fingerprint density at radius 2 is 2.00 bits per heavy atom. The standard InChI is InChI=1S/C6H14O.Na.H/c1-3-4-5-6(2)7;;/h6-7H,3-5H2,1-2H3;;. The zero-order chi connectivity index (χ0) is 5.70. The van der Waals surface area contributed by atoms with E-state index in [1.165, 1.54) is 6.42 Å². The molecule has 46 valence electrons. The van der Waals surface area contributed by atoms with Crippen molar-refractivity contribution < 1.29 is 5.11 Å². The van der Waals surface area contributed by atoms with Crippen LogP contribution in [0.15, 0.2) is 0 Å². The van der Waals surface area contributed by atoms with Crippen molar-refractivity contribution in [3.05, 3.63) is 0 Å². The maximum absolute atomic E-state index is 8.68. The van der Waals surface area contributed by atoms with Crippen LogP contribution in [0.5, 0.6) is 0 Å². The quantitative estimate of drug-likeness (QED) is 0.557. The molecule has 8 heavy (non-hydrogen) atoms. The topological polar surface area (TPSA) is 20.2 Å². The van der Waals surface area contributed by atoms with E-state index in [4.69, 9.17) is 5.11 Å². The molecule has 0 saturated carbocycles. The van der Waals surface area contributed by atoms with Gasteiger partial charge in [0, 0.05) is 0 Å². The second-order valence-corrected chi connectivity index (χ2v) is 1.99. The van der Waals surface area contributed by atoms with Crippen LogP contribution in [0.1, 0.15) is 33.1 Å². The molecule has 0 fully saturated rings. The van der Waals surface area contributed by atoms with Crippen molar-refractivity contribution in [3.63, 3.8) is 0 Å². The van der Waals surface area contributed by atoms with Crippen LogP contribution < -0.4 is 0 Å². The normalized spacial score (nSPS) is 12.4. The Kier molecular flexibility index (Phi) is 11.7. The summed E-state index contributed by atoms with van der Waals surface area (Å²) in [6.45, 7) is 3.96. The average Bonchev–Trinajstić information content (AvgIpc) is 1.61. The van der Waals surface area contributed by atoms with E-state index in [0.717, 1.165) is 12.8 Å². The van der Waals surface area contributed by atoms with Gasteiger partial charge < -0.3 is 5.11 Å². The molecule has 0 spiro atoms. The van der Waals surface area contributed by atoms with Gasteiger partial charge in [0.2, 0.25) is 0 Å². The van der Waals surface area contributed by atoms with E-state index in [0.29, 0.717) is 0 Å². The number of hydrogen-bond acceptors (Lipinski definition) is 1. The summed E-state index contributed by atoms with van der Waals surface area (Å²) >= 11 is 0. The summed E-state index contributed by atoms with van der Waals surface area (Å²) in [4.78, 5) is 0. The van der Waals surface area contributed by atoms with E-state index in [1.54, 1.807) is 0 Å². The molecule has 1 nitrogen and oxygen atoms in total. The number of aliphatic hydroxyl groups excluding tert-OH is 1. The molecule has 0 amide bonds. The van der Waals surface area contributed by atoms with Crippen LogP contribution in [0.25, 0.3) is 0 Å². The summed E-state index contributed by atoms with van der Waals surface area (Å²) in [5.41, 5.74) is 0. The Bertz CT molecular complexity index is 37.5. The summed E-state index contributed by atoms with van der Waals surface area (Å²) in [7, 11) is 0. The fourth-order valence-corrected chi connectivity index (χ4v) is 0.500. The summed E-state index contributed by atoms with van der Waals surface area (Å²) in [6.07, 6.45) is 3.19. The number of hydrogen-bond donors (Lipinski definition) is 1. The van der Waals surface area contributed by atoms with Gasteiger partial charge in [-0.15, -0.1) is 0 Å². The first-order valence-corrected chi connectivity index (χ1v) is 2.95. The van der Waals surface area contributed by atoms with Crippen LogP contribution in [0.3, 0.4) is 0 Å². The van der Waals surface area contributed by atoms with E-state index < -0.39 is 0 Å². The molecule has 0 aromatic carbocycles. The Hall–Kier alpha value is 0.960. The van der Waals surface area contributed by atoms with Crippen LogP contribution in [-0.4, -0.2) is 40.8 Å². The predicted molar refractivity (Wildman–Crippen MR) is 38.4 cm³/mol. The monoisotopic (exact) mass is 126 g/mol. The van der Waals surface area contributed by atoms with Gasteiger partial charge in [-0.05, 0) is 13.3 Å². The Balaban J connectivity index is 0. The van der Waals surface area contributed by atoms with E-state index in [2.05, 4.69) is 6.92 Å². The van der Waals surface area contributed by atoms with Crippen molar-refractivity contribution >= 4 is 29.6 Å². The van der Waals surface area contributed by atoms with Crippen LogP contribution in [0.4, 0.5) is 0 Å². The Labute approximate surface area is 73.8 Å². The third-order valence-electron chi connectivity index (χ3n) is 0.975. The first-order chi connectivity index (χ1) is 3.27. The van der Waals surface area contributed by atoms with Gasteiger partial charge in [-0.2, -0.15) is 0 Å². The van der Waals surface area contributed by atoms with Gasteiger partial charge in [0.25, 0.3) is 0 Å². The molecular weight excluding hydrogens is 111 g/mol. The third-order valence-corrected chi connectivity index (χ3v) is 0.975. The molecule has 0 saturated heterocycles. The molecule has 1 unspecified atom stereocenters.